The average Bonchev–Trinajstić information content (AvgIpc) is 3.31. The highest BCUT2D eigenvalue weighted by Crippen LogP contribution is 2.27. The largest absolute Gasteiger partial charge is 0.493 e. The monoisotopic (exact) mass is 470 g/mol. The molecule has 0 aliphatic carbocycles. The molecule has 0 spiro atoms. The molecule has 0 saturated carbocycles. The van der Waals surface area contributed by atoms with E-state index in [1.54, 1.807) is 48.3 Å². The van der Waals surface area contributed by atoms with Crippen molar-refractivity contribution in [3.8, 4) is 11.5 Å². The predicted molar refractivity (Wildman–Crippen MR) is 134 cm³/mol. The molecule has 8 nitrogen and oxygen atoms in total. The summed E-state index contributed by atoms with van der Waals surface area (Å²) in [4.78, 5) is 25.9. The number of carbonyl (C=O) groups is 2. The molecule has 0 aliphatic heterocycles. The Kier molecular flexibility index (Phi) is 7.42. The Morgan fingerprint density at radius 1 is 0.886 bits per heavy atom. The van der Waals surface area contributed by atoms with E-state index >= 15 is 0 Å². The highest BCUT2D eigenvalue weighted by atomic mass is 16.5. The van der Waals surface area contributed by atoms with Crippen LogP contribution in [0.2, 0.25) is 0 Å². The number of carbonyl (C=O) groups excluding carboxylic acids is 2. The van der Waals surface area contributed by atoms with Crippen LogP contribution in [-0.2, 0) is 13.2 Å². The lowest BCUT2D eigenvalue weighted by atomic mass is 10.1. The van der Waals surface area contributed by atoms with Crippen LogP contribution in [0.15, 0.2) is 85.1 Å². The summed E-state index contributed by atoms with van der Waals surface area (Å²) in [5.41, 5.74) is 2.36. The van der Waals surface area contributed by atoms with E-state index in [2.05, 4.69) is 15.7 Å². The second-order valence-corrected chi connectivity index (χ2v) is 7.66. The summed E-state index contributed by atoms with van der Waals surface area (Å²) in [6.45, 7) is 2.72. The second kappa shape index (κ2) is 11.0. The van der Waals surface area contributed by atoms with E-state index in [0.29, 0.717) is 35.0 Å². The van der Waals surface area contributed by atoms with Crippen LogP contribution in [-0.4, -0.2) is 28.7 Å². The molecule has 1 aromatic heterocycles. The zero-order valence-corrected chi connectivity index (χ0v) is 19.5. The number of nitrogens with one attached hydrogen (secondary N) is 2. The van der Waals surface area contributed by atoms with Gasteiger partial charge in [0.2, 0.25) is 0 Å². The van der Waals surface area contributed by atoms with Crippen LogP contribution in [0.5, 0.6) is 11.5 Å². The molecule has 4 rings (SSSR count). The fraction of sp³-hybridized carbons (Fsp3) is 0.148. The van der Waals surface area contributed by atoms with Gasteiger partial charge in [-0.25, -0.2) is 0 Å². The molecule has 0 fully saturated rings. The first-order valence-electron chi connectivity index (χ1n) is 11.2. The molecule has 2 N–H and O–H groups in total. The second-order valence-electron chi connectivity index (χ2n) is 7.66. The van der Waals surface area contributed by atoms with Gasteiger partial charge in [-0.2, -0.15) is 5.10 Å². The molecule has 0 bridgehead atoms. The van der Waals surface area contributed by atoms with Crippen LogP contribution in [0, 0.1) is 0 Å². The number of aromatic nitrogens is 2. The zero-order chi connectivity index (χ0) is 24.6. The predicted octanol–water partition coefficient (Wildman–Crippen LogP) is 5.00. The standard InChI is InChI=1S/C27H26N4O4/c1-3-31-17-22(25(30-31)27(33)28-21-12-5-4-6-13-21)29-26(32)20-11-9-10-19(16-20)18-35-24-15-8-7-14-23(24)34-2/h4-17H,3,18H2,1-2H3,(H,28,33)(H,29,32). The van der Waals surface area contributed by atoms with Crippen molar-refractivity contribution >= 4 is 23.2 Å². The molecule has 178 valence electrons. The molecule has 8 heteroatoms. The van der Waals surface area contributed by atoms with Crippen LogP contribution < -0.4 is 20.1 Å². The summed E-state index contributed by atoms with van der Waals surface area (Å²) in [5.74, 6) is 0.493. The van der Waals surface area contributed by atoms with Crippen molar-refractivity contribution in [3.05, 3.63) is 102 Å². The highest BCUT2D eigenvalue weighted by Gasteiger charge is 2.19. The molecule has 0 radical (unpaired) electrons. The maximum atomic E-state index is 13.0. The number of aryl methyl sites for hydroxylation is 1. The Bertz CT molecular complexity index is 1320. The van der Waals surface area contributed by atoms with Crippen LogP contribution in [0.4, 0.5) is 11.4 Å². The first-order chi connectivity index (χ1) is 17.1. The van der Waals surface area contributed by atoms with Gasteiger partial charge in [-0.15, -0.1) is 0 Å². The molecule has 35 heavy (non-hydrogen) atoms. The Morgan fingerprint density at radius 3 is 2.37 bits per heavy atom. The van der Waals surface area contributed by atoms with E-state index in [1.165, 1.54) is 0 Å². The first kappa shape index (κ1) is 23.6. The van der Waals surface area contributed by atoms with Gasteiger partial charge in [0.25, 0.3) is 11.8 Å². The van der Waals surface area contributed by atoms with Crippen molar-refractivity contribution < 1.29 is 19.1 Å². The van der Waals surface area contributed by atoms with Crippen molar-refractivity contribution in [2.75, 3.05) is 17.7 Å². The number of ether oxygens (including phenoxy) is 2. The summed E-state index contributed by atoms with van der Waals surface area (Å²) in [6, 6.07) is 23.6. The molecular formula is C27H26N4O4. The third kappa shape index (κ3) is 5.86. The molecule has 4 aromatic rings. The molecular weight excluding hydrogens is 444 g/mol. The van der Waals surface area contributed by atoms with Gasteiger partial charge in [0, 0.05) is 24.0 Å². The zero-order valence-electron chi connectivity index (χ0n) is 19.5. The summed E-state index contributed by atoms with van der Waals surface area (Å²) in [7, 11) is 1.59. The number of anilines is 2. The quantitative estimate of drug-likeness (QED) is 0.359. The van der Waals surface area contributed by atoms with Gasteiger partial charge in [0.15, 0.2) is 17.2 Å². The lowest BCUT2D eigenvalue weighted by molar-refractivity contribution is 0.102. The van der Waals surface area contributed by atoms with Gasteiger partial charge in [-0.3, -0.25) is 14.3 Å². The van der Waals surface area contributed by atoms with Gasteiger partial charge in [-0.1, -0.05) is 42.5 Å². The lowest BCUT2D eigenvalue weighted by Gasteiger charge is -2.11. The van der Waals surface area contributed by atoms with Crippen LogP contribution in [0.25, 0.3) is 0 Å². The van der Waals surface area contributed by atoms with Gasteiger partial charge in [0.1, 0.15) is 6.61 Å². The van der Waals surface area contributed by atoms with E-state index in [1.807, 2.05) is 55.5 Å². The number of methoxy groups -OCH3 is 1. The minimum absolute atomic E-state index is 0.139. The smallest absolute Gasteiger partial charge is 0.278 e. The molecule has 0 aliphatic rings. The fourth-order valence-corrected chi connectivity index (χ4v) is 3.45. The first-order valence-corrected chi connectivity index (χ1v) is 11.2. The summed E-state index contributed by atoms with van der Waals surface area (Å²) in [6.07, 6.45) is 1.65. The Balaban J connectivity index is 1.48. The van der Waals surface area contributed by atoms with E-state index in [4.69, 9.17) is 9.47 Å². The van der Waals surface area contributed by atoms with E-state index in [-0.39, 0.29) is 18.2 Å². The van der Waals surface area contributed by atoms with Crippen molar-refractivity contribution in [1.29, 1.82) is 0 Å². The maximum Gasteiger partial charge on any atom is 0.278 e. The number of rotatable bonds is 9. The van der Waals surface area contributed by atoms with Gasteiger partial charge in [-0.05, 0) is 48.9 Å². The van der Waals surface area contributed by atoms with E-state index < -0.39 is 5.91 Å². The van der Waals surface area contributed by atoms with Crippen molar-refractivity contribution in [1.82, 2.24) is 9.78 Å². The maximum absolute atomic E-state index is 13.0. The van der Waals surface area contributed by atoms with Crippen molar-refractivity contribution in [2.45, 2.75) is 20.1 Å². The molecule has 0 saturated heterocycles. The van der Waals surface area contributed by atoms with E-state index in [0.717, 1.165) is 5.56 Å². The van der Waals surface area contributed by atoms with Crippen molar-refractivity contribution in [3.63, 3.8) is 0 Å². The molecule has 0 atom stereocenters. The number of nitrogens with zero attached hydrogens (tertiary/aromatic N) is 2. The SMILES string of the molecule is CCn1cc(NC(=O)c2cccc(COc3ccccc3OC)c2)c(C(=O)Nc2ccccc2)n1. The molecule has 1 heterocycles. The highest BCUT2D eigenvalue weighted by molar-refractivity contribution is 6.11. The summed E-state index contributed by atoms with van der Waals surface area (Å²) in [5, 5.41) is 9.96. The molecule has 3 aromatic carbocycles. The number of hydrogen-bond acceptors (Lipinski definition) is 5. The number of amides is 2. The molecule has 2 amide bonds. The third-order valence-corrected chi connectivity index (χ3v) is 5.23. The summed E-state index contributed by atoms with van der Waals surface area (Å²) < 4.78 is 12.8. The van der Waals surface area contributed by atoms with E-state index in [9.17, 15) is 9.59 Å². The number of hydrogen-bond donors (Lipinski definition) is 2. The fourth-order valence-electron chi connectivity index (χ4n) is 3.45. The lowest BCUT2D eigenvalue weighted by Crippen LogP contribution is -2.18. The minimum Gasteiger partial charge on any atom is -0.493 e. The van der Waals surface area contributed by atoms with Gasteiger partial charge >= 0.3 is 0 Å². The molecule has 0 unspecified atom stereocenters. The van der Waals surface area contributed by atoms with Gasteiger partial charge in [0.05, 0.1) is 12.8 Å². The van der Waals surface area contributed by atoms with Crippen LogP contribution >= 0.6 is 0 Å². The Hall–Kier alpha value is -4.59. The average molecular weight is 471 g/mol. The minimum atomic E-state index is -0.405. The van der Waals surface area contributed by atoms with Gasteiger partial charge < -0.3 is 20.1 Å². The topological polar surface area (TPSA) is 94.5 Å². The van der Waals surface area contributed by atoms with Crippen molar-refractivity contribution in [2.24, 2.45) is 0 Å². The Morgan fingerprint density at radius 2 is 1.63 bits per heavy atom. The summed E-state index contributed by atoms with van der Waals surface area (Å²) >= 11 is 0. The third-order valence-electron chi connectivity index (χ3n) is 5.23. The number of benzene rings is 3. The van der Waals surface area contributed by atoms with Crippen LogP contribution in [0.3, 0.4) is 0 Å². The number of para-hydroxylation sites is 3. The normalized spacial score (nSPS) is 10.5. The van der Waals surface area contributed by atoms with Crippen LogP contribution in [0.1, 0.15) is 33.3 Å². The Labute approximate surface area is 203 Å².